The average molecular weight is 283 g/mol. The Morgan fingerprint density at radius 1 is 1.47 bits per heavy atom. The van der Waals surface area contributed by atoms with Crippen molar-refractivity contribution in [3.05, 3.63) is 18.5 Å². The number of unbranched alkanes of at least 4 members (excludes halogenated alkanes) is 1. The SMILES string of the molecule is CCCCN(C1CC1)S(=O)(=O)c1cnccc1NC. The third kappa shape index (κ3) is 3.06. The van der Waals surface area contributed by atoms with E-state index in [1.807, 2.05) is 0 Å². The summed E-state index contributed by atoms with van der Waals surface area (Å²) in [4.78, 5) is 4.23. The third-order valence-electron chi connectivity index (χ3n) is 3.33. The summed E-state index contributed by atoms with van der Waals surface area (Å²) in [6.45, 7) is 2.67. The smallest absolute Gasteiger partial charge is 0.246 e. The fourth-order valence-electron chi connectivity index (χ4n) is 2.09. The Kier molecular flexibility index (Phi) is 4.42. The lowest BCUT2D eigenvalue weighted by Gasteiger charge is -2.22. The molecule has 0 amide bonds. The van der Waals surface area contributed by atoms with Crippen LogP contribution in [0.15, 0.2) is 23.4 Å². The van der Waals surface area contributed by atoms with Gasteiger partial charge in [-0.05, 0) is 25.3 Å². The molecule has 0 unspecified atom stereocenters. The predicted molar refractivity (Wildman–Crippen MR) is 75.6 cm³/mol. The van der Waals surface area contributed by atoms with Gasteiger partial charge < -0.3 is 5.32 Å². The molecule has 1 aromatic rings. The van der Waals surface area contributed by atoms with Gasteiger partial charge in [-0.1, -0.05) is 13.3 Å². The first kappa shape index (κ1) is 14.3. The first-order chi connectivity index (χ1) is 9.11. The molecule has 0 spiro atoms. The Labute approximate surface area is 115 Å². The molecule has 5 nitrogen and oxygen atoms in total. The highest BCUT2D eigenvalue weighted by Crippen LogP contribution is 2.34. The summed E-state index contributed by atoms with van der Waals surface area (Å²) in [6.07, 6.45) is 6.85. The molecule has 0 radical (unpaired) electrons. The van der Waals surface area contributed by atoms with Crippen molar-refractivity contribution in [2.24, 2.45) is 0 Å². The van der Waals surface area contributed by atoms with Crippen LogP contribution in [-0.2, 0) is 10.0 Å². The molecule has 6 heteroatoms. The standard InChI is InChI=1S/C13H21N3O2S/c1-3-4-9-16(11-5-6-11)19(17,18)13-10-15-8-7-12(13)14-2/h7-8,10-11H,3-6,9H2,1-2H3,(H,14,15). The van der Waals surface area contributed by atoms with Crippen LogP contribution in [0, 0.1) is 0 Å². The lowest BCUT2D eigenvalue weighted by atomic mass is 10.3. The van der Waals surface area contributed by atoms with Gasteiger partial charge in [0.25, 0.3) is 0 Å². The number of aromatic nitrogens is 1. The molecule has 1 N–H and O–H groups in total. The number of anilines is 1. The van der Waals surface area contributed by atoms with Crippen LogP contribution in [0.4, 0.5) is 5.69 Å². The average Bonchev–Trinajstić information content (AvgIpc) is 3.23. The van der Waals surface area contributed by atoms with Crippen molar-refractivity contribution in [2.45, 2.75) is 43.5 Å². The molecule has 0 aromatic carbocycles. The summed E-state index contributed by atoms with van der Waals surface area (Å²) in [5, 5.41) is 2.93. The third-order valence-corrected chi connectivity index (χ3v) is 5.31. The van der Waals surface area contributed by atoms with Crippen LogP contribution < -0.4 is 5.32 Å². The molecule has 1 aliphatic carbocycles. The molecule has 1 saturated carbocycles. The second kappa shape index (κ2) is 5.88. The van der Waals surface area contributed by atoms with Gasteiger partial charge in [0, 0.05) is 32.0 Å². The summed E-state index contributed by atoms with van der Waals surface area (Å²) >= 11 is 0. The normalized spacial score (nSPS) is 15.7. The number of nitrogens with zero attached hydrogens (tertiary/aromatic N) is 2. The second-order valence-corrected chi connectivity index (χ2v) is 6.68. The summed E-state index contributed by atoms with van der Waals surface area (Å²) in [7, 11) is -1.72. The van der Waals surface area contributed by atoms with Crippen molar-refractivity contribution >= 4 is 15.7 Å². The Morgan fingerprint density at radius 2 is 2.21 bits per heavy atom. The van der Waals surface area contributed by atoms with E-state index in [0.29, 0.717) is 12.2 Å². The van der Waals surface area contributed by atoms with E-state index >= 15 is 0 Å². The molecule has 1 aliphatic rings. The van der Waals surface area contributed by atoms with Gasteiger partial charge in [-0.15, -0.1) is 0 Å². The van der Waals surface area contributed by atoms with Gasteiger partial charge in [-0.3, -0.25) is 4.98 Å². The minimum Gasteiger partial charge on any atom is -0.387 e. The summed E-state index contributed by atoms with van der Waals surface area (Å²) in [5.41, 5.74) is 0.608. The first-order valence-corrected chi connectivity index (χ1v) is 8.19. The lowest BCUT2D eigenvalue weighted by Crippen LogP contribution is -2.34. The van der Waals surface area contributed by atoms with Gasteiger partial charge in [-0.2, -0.15) is 4.31 Å². The Morgan fingerprint density at radius 3 is 2.79 bits per heavy atom. The maximum Gasteiger partial charge on any atom is 0.246 e. The number of hydrogen-bond donors (Lipinski definition) is 1. The Hall–Kier alpha value is -1.14. The summed E-state index contributed by atoms with van der Waals surface area (Å²) in [5.74, 6) is 0. The van der Waals surface area contributed by atoms with E-state index in [0.717, 1.165) is 25.7 Å². The van der Waals surface area contributed by atoms with Gasteiger partial charge in [0.2, 0.25) is 10.0 Å². The van der Waals surface area contributed by atoms with Crippen LogP contribution in [0.1, 0.15) is 32.6 Å². The van der Waals surface area contributed by atoms with E-state index in [1.54, 1.807) is 23.6 Å². The van der Waals surface area contributed by atoms with Crippen molar-refractivity contribution < 1.29 is 8.42 Å². The van der Waals surface area contributed by atoms with Crippen molar-refractivity contribution in [1.29, 1.82) is 0 Å². The number of sulfonamides is 1. The molecule has 0 bridgehead atoms. The Balaban J connectivity index is 2.33. The van der Waals surface area contributed by atoms with Crippen LogP contribution in [0.2, 0.25) is 0 Å². The zero-order valence-corrected chi connectivity index (χ0v) is 12.3. The molecule has 19 heavy (non-hydrogen) atoms. The van der Waals surface area contributed by atoms with Gasteiger partial charge in [-0.25, -0.2) is 8.42 Å². The van der Waals surface area contributed by atoms with Crippen LogP contribution in [-0.4, -0.2) is 37.3 Å². The highest BCUT2D eigenvalue weighted by Gasteiger charge is 2.38. The number of rotatable bonds is 7. The zero-order chi connectivity index (χ0) is 13.9. The van der Waals surface area contributed by atoms with Crippen LogP contribution >= 0.6 is 0 Å². The lowest BCUT2D eigenvalue weighted by molar-refractivity contribution is 0.396. The molecular formula is C13H21N3O2S. The molecule has 1 heterocycles. The molecule has 0 saturated heterocycles. The van der Waals surface area contributed by atoms with E-state index in [9.17, 15) is 8.42 Å². The van der Waals surface area contributed by atoms with Gasteiger partial charge in [0.1, 0.15) is 4.90 Å². The minimum absolute atomic E-state index is 0.182. The molecule has 0 atom stereocenters. The molecule has 0 aliphatic heterocycles. The number of pyridine rings is 1. The van der Waals surface area contributed by atoms with Gasteiger partial charge in [0.15, 0.2) is 0 Å². The molecule has 1 fully saturated rings. The van der Waals surface area contributed by atoms with Gasteiger partial charge in [0.05, 0.1) is 5.69 Å². The van der Waals surface area contributed by atoms with Crippen LogP contribution in [0.25, 0.3) is 0 Å². The fourth-order valence-corrected chi connectivity index (χ4v) is 3.96. The molecule has 1 aromatic heterocycles. The Bertz CT molecular complexity index is 526. The van der Waals surface area contributed by atoms with Crippen molar-refractivity contribution in [2.75, 3.05) is 18.9 Å². The topological polar surface area (TPSA) is 62.3 Å². The fraction of sp³-hybridized carbons (Fsp3) is 0.615. The van der Waals surface area contributed by atoms with E-state index in [2.05, 4.69) is 17.2 Å². The predicted octanol–water partition coefficient (Wildman–Crippen LogP) is 2.08. The van der Waals surface area contributed by atoms with E-state index in [1.165, 1.54) is 6.20 Å². The van der Waals surface area contributed by atoms with E-state index < -0.39 is 10.0 Å². The molecular weight excluding hydrogens is 262 g/mol. The summed E-state index contributed by atoms with van der Waals surface area (Å²) in [6, 6.07) is 1.87. The maximum absolute atomic E-state index is 12.7. The van der Waals surface area contributed by atoms with Crippen molar-refractivity contribution in [3.8, 4) is 0 Å². The van der Waals surface area contributed by atoms with Crippen molar-refractivity contribution in [1.82, 2.24) is 9.29 Å². The first-order valence-electron chi connectivity index (χ1n) is 6.75. The number of nitrogens with one attached hydrogen (secondary N) is 1. The highest BCUT2D eigenvalue weighted by molar-refractivity contribution is 7.89. The van der Waals surface area contributed by atoms with E-state index in [-0.39, 0.29) is 10.9 Å². The summed E-state index contributed by atoms with van der Waals surface area (Å²) < 4.78 is 27.1. The van der Waals surface area contributed by atoms with E-state index in [4.69, 9.17) is 0 Å². The zero-order valence-electron chi connectivity index (χ0n) is 11.5. The van der Waals surface area contributed by atoms with Gasteiger partial charge >= 0.3 is 0 Å². The second-order valence-electron chi connectivity index (χ2n) is 4.82. The van der Waals surface area contributed by atoms with Crippen LogP contribution in [0.5, 0.6) is 0 Å². The van der Waals surface area contributed by atoms with Crippen molar-refractivity contribution in [3.63, 3.8) is 0 Å². The van der Waals surface area contributed by atoms with Crippen LogP contribution in [0.3, 0.4) is 0 Å². The number of hydrogen-bond acceptors (Lipinski definition) is 4. The minimum atomic E-state index is -3.44. The highest BCUT2D eigenvalue weighted by atomic mass is 32.2. The quantitative estimate of drug-likeness (QED) is 0.832. The maximum atomic E-state index is 12.7. The monoisotopic (exact) mass is 283 g/mol. The largest absolute Gasteiger partial charge is 0.387 e. The molecule has 106 valence electrons. The molecule has 2 rings (SSSR count).